The van der Waals surface area contributed by atoms with Crippen LogP contribution in [0.2, 0.25) is 5.02 Å². The average Bonchev–Trinajstić information content (AvgIpc) is 3.23. The number of para-hydroxylation sites is 1. The Bertz CT molecular complexity index is 1280. The second-order valence-corrected chi connectivity index (χ2v) is 9.95. The molecule has 1 fully saturated rings. The van der Waals surface area contributed by atoms with Gasteiger partial charge in [0.05, 0.1) is 18.9 Å². The SMILES string of the molecule is COc1ccccc1-c1ncc2c(n1)N(C)C(C=O)N2C(=O)N1CCC(CCc2ccc(Cl)cc2)CC1. The third-order valence-electron chi connectivity index (χ3n) is 7.32. The Kier molecular flexibility index (Phi) is 7.28. The van der Waals surface area contributed by atoms with E-state index in [0.29, 0.717) is 42.1 Å². The first-order valence-electron chi connectivity index (χ1n) is 12.5. The van der Waals surface area contributed by atoms with Crippen molar-refractivity contribution in [1.82, 2.24) is 14.9 Å². The number of likely N-dealkylation sites (tertiary alicyclic amines) is 1. The number of methoxy groups -OCH3 is 1. The molecule has 2 aliphatic heterocycles. The van der Waals surface area contributed by atoms with Crippen LogP contribution in [0.5, 0.6) is 5.75 Å². The maximum Gasteiger partial charge on any atom is 0.326 e. The molecule has 3 aromatic rings. The molecule has 1 atom stereocenters. The number of halogens is 1. The zero-order valence-corrected chi connectivity index (χ0v) is 21.8. The number of aromatic nitrogens is 2. The fourth-order valence-electron chi connectivity index (χ4n) is 5.15. The second-order valence-electron chi connectivity index (χ2n) is 9.51. The molecule has 1 saturated heterocycles. The first-order valence-corrected chi connectivity index (χ1v) is 12.9. The van der Waals surface area contributed by atoms with Crippen molar-refractivity contribution in [2.24, 2.45) is 5.92 Å². The highest BCUT2D eigenvalue weighted by Crippen LogP contribution is 2.39. The van der Waals surface area contributed by atoms with E-state index in [0.717, 1.165) is 42.6 Å². The number of fused-ring (bicyclic) bond motifs is 1. The predicted molar refractivity (Wildman–Crippen MR) is 144 cm³/mol. The zero-order valence-electron chi connectivity index (χ0n) is 21.0. The lowest BCUT2D eigenvalue weighted by Crippen LogP contribution is -2.53. The Morgan fingerprint density at radius 1 is 1.14 bits per heavy atom. The van der Waals surface area contributed by atoms with E-state index in [1.165, 1.54) is 10.5 Å². The number of piperidine rings is 1. The molecule has 2 amide bonds. The molecule has 0 bridgehead atoms. The van der Waals surface area contributed by atoms with Gasteiger partial charge in [0.25, 0.3) is 0 Å². The van der Waals surface area contributed by atoms with Crippen LogP contribution in [0, 0.1) is 5.92 Å². The van der Waals surface area contributed by atoms with Gasteiger partial charge < -0.3 is 14.5 Å². The molecule has 0 radical (unpaired) electrons. The summed E-state index contributed by atoms with van der Waals surface area (Å²) < 4.78 is 5.46. The minimum absolute atomic E-state index is 0.188. The van der Waals surface area contributed by atoms with Crippen molar-refractivity contribution in [2.45, 2.75) is 31.8 Å². The van der Waals surface area contributed by atoms with Crippen LogP contribution < -0.4 is 14.5 Å². The number of rotatable bonds is 6. The smallest absolute Gasteiger partial charge is 0.326 e. The topological polar surface area (TPSA) is 78.9 Å². The van der Waals surface area contributed by atoms with Gasteiger partial charge in [-0.25, -0.2) is 14.8 Å². The van der Waals surface area contributed by atoms with Crippen molar-refractivity contribution in [3.8, 4) is 17.1 Å². The van der Waals surface area contributed by atoms with Gasteiger partial charge in [0.15, 0.2) is 24.1 Å². The van der Waals surface area contributed by atoms with Gasteiger partial charge in [-0.05, 0) is 61.4 Å². The van der Waals surface area contributed by atoms with Gasteiger partial charge in [0, 0.05) is 25.2 Å². The number of aryl methyl sites for hydroxylation is 1. The fraction of sp³-hybridized carbons (Fsp3) is 0.357. The maximum atomic E-state index is 13.6. The number of amides is 2. The van der Waals surface area contributed by atoms with Crippen molar-refractivity contribution in [1.29, 1.82) is 0 Å². The molecule has 0 aliphatic carbocycles. The summed E-state index contributed by atoms with van der Waals surface area (Å²) in [7, 11) is 3.37. The molecule has 0 spiro atoms. The summed E-state index contributed by atoms with van der Waals surface area (Å²) in [6.07, 6.45) is 5.58. The number of anilines is 2. The van der Waals surface area contributed by atoms with Crippen LogP contribution in [0.3, 0.4) is 0 Å². The zero-order chi connectivity index (χ0) is 25.9. The van der Waals surface area contributed by atoms with E-state index >= 15 is 0 Å². The van der Waals surface area contributed by atoms with Crippen LogP contribution in [-0.2, 0) is 11.2 Å². The lowest BCUT2D eigenvalue weighted by atomic mass is 9.90. The first-order chi connectivity index (χ1) is 18.0. The van der Waals surface area contributed by atoms with Gasteiger partial charge in [-0.3, -0.25) is 9.69 Å². The van der Waals surface area contributed by atoms with Gasteiger partial charge in [-0.2, -0.15) is 0 Å². The molecule has 3 heterocycles. The van der Waals surface area contributed by atoms with Crippen LogP contribution in [0.25, 0.3) is 11.4 Å². The minimum Gasteiger partial charge on any atom is -0.496 e. The predicted octanol–water partition coefficient (Wildman–Crippen LogP) is 5.05. The largest absolute Gasteiger partial charge is 0.496 e. The summed E-state index contributed by atoms with van der Waals surface area (Å²) in [4.78, 5) is 40.1. The van der Waals surface area contributed by atoms with E-state index in [2.05, 4.69) is 17.1 Å². The molecule has 0 saturated carbocycles. The Labute approximate surface area is 221 Å². The van der Waals surface area contributed by atoms with Crippen LogP contribution in [-0.4, -0.2) is 60.6 Å². The number of urea groups is 1. The van der Waals surface area contributed by atoms with Crippen LogP contribution >= 0.6 is 11.6 Å². The Morgan fingerprint density at radius 3 is 2.57 bits per heavy atom. The van der Waals surface area contributed by atoms with Crippen LogP contribution in [0.1, 0.15) is 24.8 Å². The number of ether oxygens (including phenoxy) is 1. The van der Waals surface area contributed by atoms with Crippen molar-refractivity contribution < 1.29 is 14.3 Å². The molecular weight excluding hydrogens is 490 g/mol. The Morgan fingerprint density at radius 2 is 1.86 bits per heavy atom. The number of carbonyl (C=O) groups excluding carboxylic acids is 2. The second kappa shape index (κ2) is 10.8. The molecule has 0 N–H and O–H groups in total. The molecule has 1 aromatic heterocycles. The van der Waals surface area contributed by atoms with E-state index in [9.17, 15) is 9.59 Å². The van der Waals surface area contributed by atoms with Crippen molar-refractivity contribution >= 4 is 35.4 Å². The highest BCUT2D eigenvalue weighted by Gasteiger charge is 2.42. The number of carbonyl (C=O) groups is 2. The van der Waals surface area contributed by atoms with Gasteiger partial charge in [0.1, 0.15) is 11.4 Å². The van der Waals surface area contributed by atoms with Gasteiger partial charge in [-0.1, -0.05) is 35.9 Å². The third kappa shape index (κ3) is 4.98. The fourth-order valence-corrected chi connectivity index (χ4v) is 5.28. The van der Waals surface area contributed by atoms with Gasteiger partial charge in [-0.15, -0.1) is 0 Å². The first kappa shape index (κ1) is 25.0. The molecule has 2 aromatic carbocycles. The average molecular weight is 520 g/mol. The molecule has 2 aliphatic rings. The quantitative estimate of drug-likeness (QED) is 0.424. The number of hydrogen-bond donors (Lipinski definition) is 0. The van der Waals surface area contributed by atoms with E-state index in [1.807, 2.05) is 41.3 Å². The minimum atomic E-state index is -0.771. The summed E-state index contributed by atoms with van der Waals surface area (Å²) >= 11 is 5.99. The third-order valence-corrected chi connectivity index (χ3v) is 7.57. The number of hydrogen-bond acceptors (Lipinski definition) is 6. The van der Waals surface area contributed by atoms with Crippen molar-refractivity contribution in [3.05, 3.63) is 65.3 Å². The highest BCUT2D eigenvalue weighted by atomic mass is 35.5. The van der Waals surface area contributed by atoms with Gasteiger partial charge in [0.2, 0.25) is 0 Å². The molecule has 37 heavy (non-hydrogen) atoms. The molecule has 8 nitrogen and oxygen atoms in total. The molecule has 9 heteroatoms. The van der Waals surface area contributed by atoms with Crippen LogP contribution in [0.4, 0.5) is 16.3 Å². The normalized spacial score (nSPS) is 17.6. The summed E-state index contributed by atoms with van der Waals surface area (Å²) in [6.45, 7) is 1.32. The highest BCUT2D eigenvalue weighted by molar-refractivity contribution is 6.30. The van der Waals surface area contributed by atoms with Crippen molar-refractivity contribution in [2.75, 3.05) is 37.0 Å². The molecular formula is C28H30ClN5O3. The number of nitrogens with zero attached hydrogens (tertiary/aromatic N) is 5. The molecule has 192 valence electrons. The van der Waals surface area contributed by atoms with E-state index in [-0.39, 0.29) is 6.03 Å². The van der Waals surface area contributed by atoms with Crippen molar-refractivity contribution in [3.63, 3.8) is 0 Å². The summed E-state index contributed by atoms with van der Waals surface area (Å²) in [5, 5.41) is 0.750. The lowest BCUT2D eigenvalue weighted by Gasteiger charge is -2.36. The van der Waals surface area contributed by atoms with E-state index < -0.39 is 6.17 Å². The monoisotopic (exact) mass is 519 g/mol. The number of aldehydes is 1. The summed E-state index contributed by atoms with van der Waals surface area (Å²) in [6, 6.07) is 15.3. The molecule has 1 unspecified atom stereocenters. The number of likely N-dealkylation sites (N-methyl/N-ethyl adjacent to an activating group) is 1. The van der Waals surface area contributed by atoms with E-state index in [1.54, 1.807) is 25.3 Å². The van der Waals surface area contributed by atoms with Crippen LogP contribution in [0.15, 0.2) is 54.7 Å². The summed E-state index contributed by atoms with van der Waals surface area (Å²) in [5.74, 6) is 2.23. The van der Waals surface area contributed by atoms with E-state index in [4.69, 9.17) is 21.3 Å². The Hall–Kier alpha value is -3.65. The van der Waals surface area contributed by atoms with Gasteiger partial charge >= 0.3 is 6.03 Å². The lowest BCUT2D eigenvalue weighted by molar-refractivity contribution is -0.108. The standard InChI is InChI=1S/C28H30ClN5O3/c1-32-25(18-35)34(23-17-30-26(31-27(23)32)22-5-3-4-6-24(22)37-2)28(36)33-15-13-20(14-16-33)8-7-19-9-11-21(29)12-10-19/h3-6,9-12,17-18,20,25H,7-8,13-16H2,1-2H3. The number of benzene rings is 2. The maximum absolute atomic E-state index is 13.6. The Balaban J connectivity index is 1.29. The molecule has 5 rings (SSSR count). The summed E-state index contributed by atoms with van der Waals surface area (Å²) in [5.41, 5.74) is 2.56.